The van der Waals surface area contributed by atoms with Crippen LogP contribution in [0, 0.1) is 18.8 Å². The lowest BCUT2D eigenvalue weighted by Crippen LogP contribution is -2.31. The molecule has 0 aromatic carbocycles. The Morgan fingerprint density at radius 2 is 1.76 bits per heavy atom. The second-order valence-corrected chi connectivity index (χ2v) is 6.27. The van der Waals surface area contributed by atoms with Crippen LogP contribution in [0.2, 0.25) is 0 Å². The van der Waals surface area contributed by atoms with E-state index in [9.17, 15) is 4.79 Å². The van der Waals surface area contributed by atoms with Gasteiger partial charge >= 0.3 is 0 Å². The molecule has 0 radical (unpaired) electrons. The van der Waals surface area contributed by atoms with Crippen molar-refractivity contribution < 1.29 is 4.79 Å². The first-order chi connectivity index (χ1) is 7.93. The zero-order valence-corrected chi connectivity index (χ0v) is 12.2. The topological polar surface area (TPSA) is 33.2 Å². The summed E-state index contributed by atoms with van der Waals surface area (Å²) in [4.78, 5) is 18.4. The van der Waals surface area contributed by atoms with Crippen molar-refractivity contribution in [2.24, 2.45) is 11.8 Å². The van der Waals surface area contributed by atoms with Gasteiger partial charge in [0.15, 0.2) is 11.4 Å². The van der Waals surface area contributed by atoms with Crippen LogP contribution in [0.25, 0.3) is 0 Å². The number of nitrogens with zero attached hydrogens (tertiary/aromatic N) is 2. The molecule has 0 atom stereocenters. The highest BCUT2D eigenvalue weighted by atomic mass is 32.1. The van der Waals surface area contributed by atoms with Gasteiger partial charge in [0.05, 0.1) is 10.6 Å². The van der Waals surface area contributed by atoms with Gasteiger partial charge in [0, 0.05) is 13.1 Å². The third kappa shape index (κ3) is 4.11. The fraction of sp³-hybridized carbons (Fsp3) is 0.692. The summed E-state index contributed by atoms with van der Waals surface area (Å²) in [5, 5.41) is 0.979. The number of hydrogen-bond acceptors (Lipinski definition) is 4. The predicted molar refractivity (Wildman–Crippen MR) is 74.1 cm³/mol. The number of carbonyl (C=O) groups is 1. The van der Waals surface area contributed by atoms with Gasteiger partial charge in [0.25, 0.3) is 0 Å². The van der Waals surface area contributed by atoms with Gasteiger partial charge in [0.2, 0.25) is 0 Å². The molecular formula is C13H22N2OS. The molecular weight excluding hydrogens is 232 g/mol. The molecule has 1 rings (SSSR count). The minimum Gasteiger partial charge on any atom is -0.348 e. The molecule has 3 nitrogen and oxygen atoms in total. The molecule has 17 heavy (non-hydrogen) atoms. The van der Waals surface area contributed by atoms with Crippen LogP contribution in [0.4, 0.5) is 5.13 Å². The molecule has 96 valence electrons. The molecule has 0 saturated heterocycles. The number of hydrogen-bond donors (Lipinski definition) is 0. The molecule has 0 bridgehead atoms. The number of thiazole rings is 1. The van der Waals surface area contributed by atoms with Crippen LogP contribution in [-0.2, 0) is 0 Å². The summed E-state index contributed by atoms with van der Waals surface area (Å²) in [6, 6.07) is 0. The van der Waals surface area contributed by atoms with Crippen molar-refractivity contribution in [2.45, 2.75) is 34.6 Å². The summed E-state index contributed by atoms with van der Waals surface area (Å²) < 4.78 is 0. The lowest BCUT2D eigenvalue weighted by Gasteiger charge is -2.25. The second-order valence-electron chi connectivity index (χ2n) is 5.26. The Balaban J connectivity index is 2.90. The van der Waals surface area contributed by atoms with Crippen LogP contribution in [-0.4, -0.2) is 24.4 Å². The molecule has 0 spiro atoms. The van der Waals surface area contributed by atoms with E-state index < -0.39 is 0 Å². The normalized spacial score (nSPS) is 11.2. The van der Waals surface area contributed by atoms with Crippen LogP contribution in [0.1, 0.15) is 43.1 Å². The van der Waals surface area contributed by atoms with Gasteiger partial charge in [-0.3, -0.25) is 4.79 Å². The summed E-state index contributed by atoms with van der Waals surface area (Å²) in [6.45, 7) is 12.7. The lowest BCUT2D eigenvalue weighted by atomic mass is 10.1. The molecule has 0 N–H and O–H groups in total. The Morgan fingerprint density at radius 1 is 1.24 bits per heavy atom. The Hall–Kier alpha value is -0.900. The van der Waals surface area contributed by atoms with E-state index in [1.165, 1.54) is 11.3 Å². The Bertz CT molecular complexity index is 361. The zero-order valence-electron chi connectivity index (χ0n) is 11.4. The molecule has 0 aliphatic rings. The summed E-state index contributed by atoms with van der Waals surface area (Å²) in [5.74, 6) is 1.19. The van der Waals surface area contributed by atoms with Crippen molar-refractivity contribution in [3.05, 3.63) is 10.6 Å². The highest BCUT2D eigenvalue weighted by Crippen LogP contribution is 2.26. The number of aryl methyl sites for hydroxylation is 1. The van der Waals surface area contributed by atoms with Gasteiger partial charge in [0.1, 0.15) is 0 Å². The summed E-state index contributed by atoms with van der Waals surface area (Å²) in [7, 11) is 0. The third-order valence-corrected chi connectivity index (χ3v) is 3.51. The van der Waals surface area contributed by atoms with E-state index in [0.29, 0.717) is 11.8 Å². The molecule has 0 amide bonds. The summed E-state index contributed by atoms with van der Waals surface area (Å²) in [6.07, 6.45) is 0.902. The molecule has 0 aliphatic heterocycles. The van der Waals surface area contributed by atoms with E-state index in [2.05, 4.69) is 37.6 Å². The van der Waals surface area contributed by atoms with Gasteiger partial charge in [-0.15, -0.1) is 0 Å². The van der Waals surface area contributed by atoms with Crippen molar-refractivity contribution in [2.75, 3.05) is 18.0 Å². The van der Waals surface area contributed by atoms with Crippen molar-refractivity contribution in [3.8, 4) is 0 Å². The molecule has 1 aromatic rings. The quantitative estimate of drug-likeness (QED) is 0.730. The summed E-state index contributed by atoms with van der Waals surface area (Å²) in [5.41, 5.74) is 0.845. The van der Waals surface area contributed by atoms with Crippen LogP contribution in [0.3, 0.4) is 0 Å². The Kier molecular flexibility index (Phi) is 5.12. The fourth-order valence-electron chi connectivity index (χ4n) is 1.75. The number of carbonyl (C=O) groups excluding carboxylic acids is 1. The van der Waals surface area contributed by atoms with Gasteiger partial charge < -0.3 is 4.90 Å². The van der Waals surface area contributed by atoms with Crippen molar-refractivity contribution in [1.82, 2.24) is 4.98 Å². The van der Waals surface area contributed by atoms with E-state index in [-0.39, 0.29) is 0 Å². The maximum Gasteiger partial charge on any atom is 0.186 e. The average Bonchev–Trinajstić information content (AvgIpc) is 2.57. The smallest absolute Gasteiger partial charge is 0.186 e. The maximum absolute atomic E-state index is 10.9. The SMILES string of the molecule is Cc1nc(N(CC(C)C)CC(C)C)sc1C=O. The second kappa shape index (κ2) is 6.15. The van der Waals surface area contributed by atoms with E-state index in [1.54, 1.807) is 0 Å². The van der Waals surface area contributed by atoms with Gasteiger partial charge in [-0.05, 0) is 18.8 Å². The van der Waals surface area contributed by atoms with Crippen molar-refractivity contribution in [1.29, 1.82) is 0 Å². The molecule has 0 unspecified atom stereocenters. The molecule has 4 heteroatoms. The molecule has 1 heterocycles. The average molecular weight is 254 g/mol. The fourth-order valence-corrected chi connectivity index (χ4v) is 2.65. The number of anilines is 1. The first-order valence-corrected chi connectivity index (χ1v) is 6.93. The van der Waals surface area contributed by atoms with Crippen LogP contribution < -0.4 is 4.90 Å². The van der Waals surface area contributed by atoms with Gasteiger partial charge in [-0.2, -0.15) is 0 Å². The number of rotatable bonds is 6. The van der Waals surface area contributed by atoms with E-state index in [0.717, 1.165) is 35.1 Å². The van der Waals surface area contributed by atoms with E-state index in [1.807, 2.05) is 6.92 Å². The number of aldehydes is 1. The van der Waals surface area contributed by atoms with Crippen molar-refractivity contribution >= 4 is 22.8 Å². The monoisotopic (exact) mass is 254 g/mol. The van der Waals surface area contributed by atoms with Crippen LogP contribution in [0.15, 0.2) is 0 Å². The highest BCUT2D eigenvalue weighted by Gasteiger charge is 2.16. The molecule has 0 aliphatic carbocycles. The molecule has 0 saturated carbocycles. The Labute approximate surface area is 108 Å². The predicted octanol–water partition coefficient (Wildman–Crippen LogP) is 3.38. The standard InChI is InChI=1S/C13H22N2OS/c1-9(2)6-15(7-10(3)4)13-14-11(5)12(8-16)17-13/h8-10H,6-7H2,1-5H3. The van der Waals surface area contributed by atoms with Crippen molar-refractivity contribution in [3.63, 3.8) is 0 Å². The van der Waals surface area contributed by atoms with Gasteiger partial charge in [-0.25, -0.2) is 4.98 Å². The van der Waals surface area contributed by atoms with Crippen LogP contribution >= 0.6 is 11.3 Å². The lowest BCUT2D eigenvalue weighted by molar-refractivity contribution is 0.112. The van der Waals surface area contributed by atoms with Gasteiger partial charge in [-0.1, -0.05) is 39.0 Å². The first-order valence-electron chi connectivity index (χ1n) is 6.11. The zero-order chi connectivity index (χ0) is 13.0. The minimum absolute atomic E-state index is 0.595. The minimum atomic E-state index is 0.595. The third-order valence-electron chi connectivity index (χ3n) is 2.37. The van der Waals surface area contributed by atoms with E-state index >= 15 is 0 Å². The molecule has 0 fully saturated rings. The van der Waals surface area contributed by atoms with Crippen LogP contribution in [0.5, 0.6) is 0 Å². The number of aromatic nitrogens is 1. The first kappa shape index (κ1) is 14.2. The largest absolute Gasteiger partial charge is 0.348 e. The maximum atomic E-state index is 10.9. The highest BCUT2D eigenvalue weighted by molar-refractivity contribution is 7.17. The summed E-state index contributed by atoms with van der Waals surface area (Å²) >= 11 is 1.50. The Morgan fingerprint density at radius 3 is 2.12 bits per heavy atom. The van der Waals surface area contributed by atoms with E-state index in [4.69, 9.17) is 0 Å². The molecule has 1 aromatic heterocycles.